The molecule has 4 rings (SSSR count). The Morgan fingerprint density at radius 1 is 1.03 bits per heavy atom. The van der Waals surface area contributed by atoms with E-state index in [9.17, 15) is 14.7 Å². The van der Waals surface area contributed by atoms with Gasteiger partial charge in [-0.25, -0.2) is 0 Å². The van der Waals surface area contributed by atoms with Crippen molar-refractivity contribution in [3.63, 3.8) is 0 Å². The predicted molar refractivity (Wildman–Crippen MR) is 116 cm³/mol. The van der Waals surface area contributed by atoms with Crippen LogP contribution in [0.3, 0.4) is 0 Å². The number of aliphatic hydroxyl groups excluding tert-OH is 1. The van der Waals surface area contributed by atoms with Gasteiger partial charge in [0.15, 0.2) is 0 Å². The highest BCUT2D eigenvalue weighted by molar-refractivity contribution is 6.52. The van der Waals surface area contributed by atoms with E-state index < -0.39 is 17.7 Å². The minimum Gasteiger partial charge on any atom is -0.507 e. The van der Waals surface area contributed by atoms with Crippen molar-refractivity contribution in [2.24, 2.45) is 0 Å². The van der Waals surface area contributed by atoms with Gasteiger partial charge >= 0.3 is 0 Å². The molecule has 1 saturated heterocycles. The van der Waals surface area contributed by atoms with E-state index in [0.29, 0.717) is 21.5 Å². The first-order valence-electron chi connectivity index (χ1n) is 8.85. The second-order valence-electron chi connectivity index (χ2n) is 6.74. The normalized spacial score (nSPS) is 18.3. The molecule has 5 nitrogen and oxygen atoms in total. The second-order valence-corrected chi connectivity index (χ2v) is 8.00. The molecule has 1 amide bonds. The fourth-order valence-corrected chi connectivity index (χ4v) is 3.90. The molecule has 1 unspecified atom stereocenters. The highest BCUT2D eigenvalue weighted by Crippen LogP contribution is 2.44. The van der Waals surface area contributed by atoms with Gasteiger partial charge in [-0.1, -0.05) is 40.9 Å². The number of carbonyl (C=O) groups excluding carboxylic acids is 2. The summed E-state index contributed by atoms with van der Waals surface area (Å²) in [7, 11) is 0. The average molecular weight is 463 g/mol. The van der Waals surface area contributed by atoms with E-state index in [1.807, 2.05) is 0 Å². The number of ketones is 1. The Kier molecular flexibility index (Phi) is 5.36. The number of benzene rings is 2. The summed E-state index contributed by atoms with van der Waals surface area (Å²) in [5.41, 5.74) is 1.31. The maximum atomic E-state index is 13.0. The van der Waals surface area contributed by atoms with Crippen molar-refractivity contribution in [2.45, 2.75) is 13.0 Å². The first-order chi connectivity index (χ1) is 14.3. The van der Waals surface area contributed by atoms with Crippen molar-refractivity contribution >= 4 is 57.9 Å². The van der Waals surface area contributed by atoms with Crippen molar-refractivity contribution in [1.82, 2.24) is 0 Å². The van der Waals surface area contributed by atoms with Gasteiger partial charge in [-0.15, -0.1) is 0 Å². The topological polar surface area (TPSA) is 70.8 Å². The quantitative estimate of drug-likeness (QED) is 0.287. The van der Waals surface area contributed by atoms with E-state index in [0.717, 1.165) is 5.56 Å². The minimum absolute atomic E-state index is 0.118. The summed E-state index contributed by atoms with van der Waals surface area (Å²) in [6.07, 6.45) is 1.43. The maximum absolute atomic E-state index is 13.0. The third-order valence-electron chi connectivity index (χ3n) is 4.88. The van der Waals surface area contributed by atoms with Crippen molar-refractivity contribution in [2.75, 3.05) is 4.90 Å². The van der Waals surface area contributed by atoms with Gasteiger partial charge in [0.05, 0.1) is 21.9 Å². The molecule has 0 bridgehead atoms. The number of aliphatic hydroxyl groups is 1. The Balaban J connectivity index is 1.96. The zero-order valence-electron chi connectivity index (χ0n) is 15.5. The average Bonchev–Trinajstić information content (AvgIpc) is 3.33. The summed E-state index contributed by atoms with van der Waals surface area (Å²) < 4.78 is 5.52. The molecule has 0 radical (unpaired) electrons. The number of Topliss-reactive ketones (excluding diaryl/α,β-unsaturated/α-hetero) is 1. The number of carbonyl (C=O) groups is 2. The number of furan rings is 1. The molecule has 1 N–H and O–H groups in total. The molecule has 1 aliphatic rings. The summed E-state index contributed by atoms with van der Waals surface area (Å²) in [6.45, 7) is 1.79. The summed E-state index contributed by atoms with van der Waals surface area (Å²) in [5.74, 6) is -1.71. The molecular formula is C22H14Cl3NO4. The minimum atomic E-state index is -0.980. The van der Waals surface area contributed by atoms with Gasteiger partial charge in [-0.2, -0.15) is 0 Å². The van der Waals surface area contributed by atoms with Crippen LogP contribution in [0.25, 0.3) is 5.76 Å². The van der Waals surface area contributed by atoms with E-state index in [2.05, 4.69) is 0 Å². The molecule has 1 fully saturated rings. The van der Waals surface area contributed by atoms with E-state index >= 15 is 0 Å². The number of hydrogen-bond acceptors (Lipinski definition) is 4. The van der Waals surface area contributed by atoms with E-state index in [4.69, 9.17) is 39.2 Å². The number of halogens is 3. The smallest absolute Gasteiger partial charge is 0.300 e. The largest absolute Gasteiger partial charge is 0.507 e. The Bertz CT molecular complexity index is 1200. The Morgan fingerprint density at radius 2 is 1.80 bits per heavy atom. The molecule has 3 aromatic rings. The SMILES string of the molecule is Cc1ccc(Cl)cc1N1C(=O)C(=O)/C(=C(\O)c2ccc(Cl)c(Cl)c2)C1c1ccco1. The number of anilines is 1. The van der Waals surface area contributed by atoms with Crippen LogP contribution in [-0.2, 0) is 9.59 Å². The Hall–Kier alpha value is -2.73. The van der Waals surface area contributed by atoms with E-state index in [-0.39, 0.29) is 21.9 Å². The van der Waals surface area contributed by atoms with Crippen LogP contribution in [0.4, 0.5) is 5.69 Å². The summed E-state index contributed by atoms with van der Waals surface area (Å²) >= 11 is 18.2. The van der Waals surface area contributed by atoms with Crippen LogP contribution in [0.1, 0.15) is 22.9 Å². The molecule has 0 saturated carbocycles. The van der Waals surface area contributed by atoms with Crippen molar-refractivity contribution in [3.8, 4) is 0 Å². The van der Waals surface area contributed by atoms with Gasteiger partial charge in [0.1, 0.15) is 17.6 Å². The summed E-state index contributed by atoms with van der Waals surface area (Å²) in [4.78, 5) is 27.3. The van der Waals surface area contributed by atoms with Gasteiger partial charge in [0, 0.05) is 16.3 Å². The zero-order valence-corrected chi connectivity index (χ0v) is 17.8. The molecule has 1 atom stereocenters. The third kappa shape index (κ3) is 3.39. The molecular weight excluding hydrogens is 449 g/mol. The molecule has 1 aromatic heterocycles. The number of nitrogens with zero attached hydrogens (tertiary/aromatic N) is 1. The lowest BCUT2D eigenvalue weighted by Gasteiger charge is -2.25. The molecule has 0 spiro atoms. The van der Waals surface area contributed by atoms with Crippen LogP contribution in [0.5, 0.6) is 0 Å². The summed E-state index contributed by atoms with van der Waals surface area (Å²) in [6, 6.07) is 11.8. The predicted octanol–water partition coefficient (Wildman–Crippen LogP) is 6.17. The lowest BCUT2D eigenvalue weighted by Crippen LogP contribution is -2.30. The Labute approximate surface area is 187 Å². The van der Waals surface area contributed by atoms with Crippen LogP contribution >= 0.6 is 34.8 Å². The second kappa shape index (κ2) is 7.84. The molecule has 0 aliphatic carbocycles. The standard InChI is InChI=1S/C22H14Cl3NO4/c1-11-4-6-13(23)10-16(11)26-19(17-3-2-8-30-17)18(21(28)22(26)29)20(27)12-5-7-14(24)15(25)9-12/h2-10,19,27H,1H3/b20-18-. The molecule has 2 heterocycles. The molecule has 1 aliphatic heterocycles. The molecule has 8 heteroatoms. The van der Waals surface area contributed by atoms with E-state index in [1.54, 1.807) is 37.3 Å². The van der Waals surface area contributed by atoms with Gasteiger partial charge in [-0.05, 0) is 55.0 Å². The third-order valence-corrected chi connectivity index (χ3v) is 5.85. The van der Waals surface area contributed by atoms with Crippen LogP contribution in [0.15, 0.2) is 64.8 Å². The fourth-order valence-electron chi connectivity index (χ4n) is 3.44. The maximum Gasteiger partial charge on any atom is 0.300 e. The van der Waals surface area contributed by atoms with Crippen LogP contribution in [0, 0.1) is 6.92 Å². The lowest BCUT2D eigenvalue weighted by atomic mass is 9.99. The van der Waals surface area contributed by atoms with Crippen molar-refractivity contribution in [1.29, 1.82) is 0 Å². The van der Waals surface area contributed by atoms with Crippen molar-refractivity contribution in [3.05, 3.63) is 92.3 Å². The molecule has 152 valence electrons. The highest BCUT2D eigenvalue weighted by Gasteiger charge is 2.48. The molecule has 30 heavy (non-hydrogen) atoms. The van der Waals surface area contributed by atoms with Crippen LogP contribution in [0.2, 0.25) is 15.1 Å². The number of hydrogen-bond donors (Lipinski definition) is 1. The van der Waals surface area contributed by atoms with Crippen LogP contribution < -0.4 is 4.90 Å². The van der Waals surface area contributed by atoms with Gasteiger partial charge in [0.2, 0.25) is 0 Å². The van der Waals surface area contributed by atoms with Gasteiger partial charge in [-0.3, -0.25) is 14.5 Å². The van der Waals surface area contributed by atoms with E-state index in [1.165, 1.54) is 29.4 Å². The first kappa shape index (κ1) is 20.5. The Morgan fingerprint density at radius 3 is 2.47 bits per heavy atom. The zero-order chi connectivity index (χ0) is 21.6. The van der Waals surface area contributed by atoms with Crippen LogP contribution in [-0.4, -0.2) is 16.8 Å². The van der Waals surface area contributed by atoms with Crippen molar-refractivity contribution < 1.29 is 19.1 Å². The monoisotopic (exact) mass is 461 g/mol. The number of rotatable bonds is 3. The van der Waals surface area contributed by atoms with Gasteiger partial charge < -0.3 is 9.52 Å². The first-order valence-corrected chi connectivity index (χ1v) is 9.99. The highest BCUT2D eigenvalue weighted by atomic mass is 35.5. The van der Waals surface area contributed by atoms with Gasteiger partial charge in [0.25, 0.3) is 11.7 Å². The number of aryl methyl sites for hydroxylation is 1. The fraction of sp³-hybridized carbons (Fsp3) is 0.0909. The lowest BCUT2D eigenvalue weighted by molar-refractivity contribution is -0.132. The summed E-state index contributed by atoms with van der Waals surface area (Å²) in [5, 5.41) is 11.9. The molecule has 2 aromatic carbocycles. The number of amides is 1.